The van der Waals surface area contributed by atoms with E-state index in [0.717, 1.165) is 56.1 Å². The Morgan fingerprint density at radius 3 is 2.54 bits per heavy atom. The van der Waals surface area contributed by atoms with Gasteiger partial charge < -0.3 is 19.7 Å². The maximum absolute atomic E-state index is 12.6. The third kappa shape index (κ3) is 4.58. The standard InChI is InChI=1S/C21H29N3O4/c25-20(22-13-16-6-7-18-19(12-16)28-15-27-18)14-23-8-10-24(11-9-23)21(26)17-4-2-1-3-5-17/h6-7,12,17H,1-5,8-11,13-15H2,(H,22,25). The van der Waals surface area contributed by atoms with Crippen molar-refractivity contribution in [2.75, 3.05) is 39.5 Å². The average Bonchev–Trinajstić information content (AvgIpc) is 3.21. The summed E-state index contributed by atoms with van der Waals surface area (Å²) in [4.78, 5) is 29.0. The summed E-state index contributed by atoms with van der Waals surface area (Å²) < 4.78 is 10.7. The summed E-state index contributed by atoms with van der Waals surface area (Å²) in [5.74, 6) is 2.03. The molecule has 0 unspecified atom stereocenters. The summed E-state index contributed by atoms with van der Waals surface area (Å²) in [6.45, 7) is 4.06. The number of hydrogen-bond acceptors (Lipinski definition) is 5. The van der Waals surface area contributed by atoms with Gasteiger partial charge in [-0.15, -0.1) is 0 Å². The van der Waals surface area contributed by atoms with Gasteiger partial charge in [-0.3, -0.25) is 14.5 Å². The van der Waals surface area contributed by atoms with Gasteiger partial charge in [0.05, 0.1) is 6.54 Å². The molecule has 1 N–H and O–H groups in total. The molecule has 0 bridgehead atoms. The highest BCUT2D eigenvalue weighted by atomic mass is 16.7. The van der Waals surface area contributed by atoms with Crippen molar-refractivity contribution in [2.45, 2.75) is 38.6 Å². The van der Waals surface area contributed by atoms with Crippen LogP contribution in [0.3, 0.4) is 0 Å². The molecule has 3 aliphatic rings. The Kier molecular flexibility index (Phi) is 6.00. The van der Waals surface area contributed by atoms with E-state index < -0.39 is 0 Å². The Balaban J connectivity index is 1.18. The Bertz CT molecular complexity index is 710. The number of carbonyl (C=O) groups excluding carboxylic acids is 2. The van der Waals surface area contributed by atoms with Gasteiger partial charge in [0, 0.05) is 38.6 Å². The van der Waals surface area contributed by atoms with Crippen LogP contribution in [0.25, 0.3) is 0 Å². The zero-order chi connectivity index (χ0) is 19.3. The number of fused-ring (bicyclic) bond motifs is 1. The molecule has 0 spiro atoms. The Morgan fingerprint density at radius 2 is 1.75 bits per heavy atom. The first-order chi connectivity index (χ1) is 13.7. The second-order valence-electron chi connectivity index (χ2n) is 7.90. The van der Waals surface area contributed by atoms with Gasteiger partial charge in [-0.1, -0.05) is 25.3 Å². The molecule has 2 amide bonds. The lowest BCUT2D eigenvalue weighted by molar-refractivity contribution is -0.138. The van der Waals surface area contributed by atoms with Crippen molar-refractivity contribution in [3.63, 3.8) is 0 Å². The minimum Gasteiger partial charge on any atom is -0.454 e. The van der Waals surface area contributed by atoms with E-state index in [1.165, 1.54) is 19.3 Å². The molecule has 0 radical (unpaired) electrons. The summed E-state index contributed by atoms with van der Waals surface area (Å²) in [7, 11) is 0. The van der Waals surface area contributed by atoms with Gasteiger partial charge in [0.25, 0.3) is 0 Å². The Hall–Kier alpha value is -2.28. The van der Waals surface area contributed by atoms with Crippen molar-refractivity contribution in [1.82, 2.24) is 15.1 Å². The molecular formula is C21H29N3O4. The Morgan fingerprint density at radius 1 is 1.00 bits per heavy atom. The first-order valence-electron chi connectivity index (χ1n) is 10.4. The Labute approximate surface area is 166 Å². The van der Waals surface area contributed by atoms with Crippen LogP contribution in [-0.2, 0) is 16.1 Å². The number of piperazine rings is 1. The van der Waals surface area contributed by atoms with Gasteiger partial charge in [-0.2, -0.15) is 0 Å². The summed E-state index contributed by atoms with van der Waals surface area (Å²) >= 11 is 0. The molecule has 1 saturated carbocycles. The zero-order valence-electron chi connectivity index (χ0n) is 16.3. The molecule has 28 heavy (non-hydrogen) atoms. The molecule has 1 aromatic carbocycles. The molecule has 7 nitrogen and oxygen atoms in total. The van der Waals surface area contributed by atoms with Gasteiger partial charge >= 0.3 is 0 Å². The number of benzene rings is 1. The quantitative estimate of drug-likeness (QED) is 0.834. The predicted molar refractivity (Wildman–Crippen MR) is 104 cm³/mol. The number of carbonyl (C=O) groups is 2. The maximum atomic E-state index is 12.6. The van der Waals surface area contributed by atoms with E-state index in [1.54, 1.807) is 0 Å². The summed E-state index contributed by atoms with van der Waals surface area (Å²) in [6.07, 6.45) is 5.71. The van der Waals surface area contributed by atoms with Gasteiger partial charge in [0.2, 0.25) is 18.6 Å². The van der Waals surface area contributed by atoms with Crippen molar-refractivity contribution < 1.29 is 19.1 Å². The predicted octanol–water partition coefficient (Wildman–Crippen LogP) is 1.76. The number of nitrogens with zero attached hydrogens (tertiary/aromatic N) is 2. The van der Waals surface area contributed by atoms with Crippen molar-refractivity contribution in [3.8, 4) is 11.5 Å². The van der Waals surface area contributed by atoms with Gasteiger partial charge in [0.1, 0.15) is 0 Å². The lowest BCUT2D eigenvalue weighted by Crippen LogP contribution is -2.52. The molecule has 1 saturated heterocycles. The molecule has 1 aliphatic carbocycles. The lowest BCUT2D eigenvalue weighted by Gasteiger charge is -2.36. The van der Waals surface area contributed by atoms with Crippen LogP contribution in [0.5, 0.6) is 11.5 Å². The molecule has 4 rings (SSSR count). The fourth-order valence-electron chi connectivity index (χ4n) is 4.24. The molecule has 152 valence electrons. The number of rotatable bonds is 5. The van der Waals surface area contributed by atoms with Crippen LogP contribution in [0, 0.1) is 5.92 Å². The number of hydrogen-bond donors (Lipinski definition) is 1. The van der Waals surface area contributed by atoms with Gasteiger partial charge in [-0.25, -0.2) is 0 Å². The third-order valence-electron chi connectivity index (χ3n) is 5.93. The molecule has 0 aromatic heterocycles. The molecular weight excluding hydrogens is 358 g/mol. The van der Waals surface area contributed by atoms with Crippen molar-refractivity contribution in [1.29, 1.82) is 0 Å². The first kappa shape index (κ1) is 19.1. The van der Waals surface area contributed by atoms with Crippen molar-refractivity contribution in [2.24, 2.45) is 5.92 Å². The molecule has 1 aromatic rings. The lowest BCUT2D eigenvalue weighted by atomic mass is 9.88. The van der Waals surface area contributed by atoms with E-state index >= 15 is 0 Å². The summed E-state index contributed by atoms with van der Waals surface area (Å²) in [6, 6.07) is 5.70. The highest BCUT2D eigenvalue weighted by molar-refractivity contribution is 5.79. The van der Waals surface area contributed by atoms with Crippen LogP contribution in [0.15, 0.2) is 18.2 Å². The minimum atomic E-state index is 0.00437. The molecule has 2 heterocycles. The van der Waals surface area contributed by atoms with Gasteiger partial charge in [-0.05, 0) is 30.5 Å². The highest BCUT2D eigenvalue weighted by Crippen LogP contribution is 2.32. The first-order valence-corrected chi connectivity index (χ1v) is 10.4. The smallest absolute Gasteiger partial charge is 0.234 e. The second kappa shape index (κ2) is 8.82. The monoisotopic (exact) mass is 387 g/mol. The number of nitrogens with one attached hydrogen (secondary N) is 1. The second-order valence-corrected chi connectivity index (χ2v) is 7.90. The fraction of sp³-hybridized carbons (Fsp3) is 0.619. The highest BCUT2D eigenvalue weighted by Gasteiger charge is 2.28. The number of amides is 2. The van der Waals surface area contributed by atoms with Crippen LogP contribution in [-0.4, -0.2) is 61.1 Å². The normalized spacial score (nSPS) is 20.2. The number of ether oxygens (including phenoxy) is 2. The molecule has 2 fully saturated rings. The van der Waals surface area contributed by atoms with Crippen LogP contribution in [0.1, 0.15) is 37.7 Å². The van der Waals surface area contributed by atoms with E-state index in [9.17, 15) is 9.59 Å². The molecule has 0 atom stereocenters. The average molecular weight is 387 g/mol. The largest absolute Gasteiger partial charge is 0.454 e. The van der Waals surface area contributed by atoms with Crippen molar-refractivity contribution in [3.05, 3.63) is 23.8 Å². The topological polar surface area (TPSA) is 71.1 Å². The van der Waals surface area contributed by atoms with Crippen LogP contribution < -0.4 is 14.8 Å². The minimum absolute atomic E-state index is 0.00437. The van der Waals surface area contributed by atoms with Crippen LogP contribution >= 0.6 is 0 Å². The van der Waals surface area contributed by atoms with E-state index in [2.05, 4.69) is 10.2 Å². The van der Waals surface area contributed by atoms with Crippen LogP contribution in [0.2, 0.25) is 0 Å². The van der Waals surface area contributed by atoms with E-state index in [0.29, 0.717) is 19.0 Å². The fourth-order valence-corrected chi connectivity index (χ4v) is 4.24. The maximum Gasteiger partial charge on any atom is 0.234 e. The van der Waals surface area contributed by atoms with Gasteiger partial charge in [0.15, 0.2) is 11.5 Å². The van der Waals surface area contributed by atoms with E-state index in [4.69, 9.17) is 9.47 Å². The summed E-state index contributed by atoms with van der Waals surface area (Å²) in [5, 5.41) is 2.97. The SMILES string of the molecule is O=C(CN1CCN(C(=O)C2CCCCC2)CC1)NCc1ccc2c(c1)OCO2. The van der Waals surface area contributed by atoms with Crippen LogP contribution in [0.4, 0.5) is 0 Å². The molecule has 2 aliphatic heterocycles. The van der Waals surface area contributed by atoms with E-state index in [1.807, 2.05) is 23.1 Å². The van der Waals surface area contributed by atoms with E-state index in [-0.39, 0.29) is 18.6 Å². The zero-order valence-corrected chi connectivity index (χ0v) is 16.3. The van der Waals surface area contributed by atoms with Crippen molar-refractivity contribution >= 4 is 11.8 Å². The third-order valence-corrected chi connectivity index (χ3v) is 5.93. The molecule has 7 heteroatoms. The summed E-state index contributed by atoms with van der Waals surface area (Å²) in [5.41, 5.74) is 0.987.